The minimum absolute atomic E-state index is 0.141. The van der Waals surface area contributed by atoms with Crippen molar-refractivity contribution in [2.24, 2.45) is 0 Å². The molecule has 1 heterocycles. The third-order valence-corrected chi connectivity index (χ3v) is 2.50. The van der Waals surface area contributed by atoms with Crippen molar-refractivity contribution in [3.63, 3.8) is 0 Å². The summed E-state index contributed by atoms with van der Waals surface area (Å²) in [7, 11) is 2.98. The summed E-state index contributed by atoms with van der Waals surface area (Å²) >= 11 is 0. The highest BCUT2D eigenvalue weighted by atomic mass is 16.5. The SMILES string of the molecule is COc1cccc(C(=O)Oc2cc(C)nc(OC)n2)c1. The van der Waals surface area contributed by atoms with Crippen molar-refractivity contribution in [3.05, 3.63) is 41.6 Å². The Morgan fingerprint density at radius 3 is 2.60 bits per heavy atom. The van der Waals surface area contributed by atoms with Gasteiger partial charge in [0.25, 0.3) is 0 Å². The lowest BCUT2D eigenvalue weighted by Gasteiger charge is -2.06. The van der Waals surface area contributed by atoms with Crippen molar-refractivity contribution in [2.75, 3.05) is 14.2 Å². The molecule has 2 aromatic rings. The summed E-state index contributed by atoms with van der Waals surface area (Å²) < 4.78 is 15.2. The van der Waals surface area contributed by atoms with Crippen molar-refractivity contribution < 1.29 is 19.0 Å². The second-order valence-corrected chi connectivity index (χ2v) is 3.96. The van der Waals surface area contributed by atoms with Gasteiger partial charge in [-0.05, 0) is 25.1 Å². The molecule has 1 aromatic carbocycles. The maximum absolute atomic E-state index is 12.0. The number of rotatable bonds is 4. The molecule has 0 aliphatic carbocycles. The van der Waals surface area contributed by atoms with Gasteiger partial charge in [-0.2, -0.15) is 4.98 Å². The minimum Gasteiger partial charge on any atom is -0.497 e. The van der Waals surface area contributed by atoms with E-state index in [4.69, 9.17) is 14.2 Å². The molecular formula is C14H14N2O4. The average Bonchev–Trinajstić information content (AvgIpc) is 2.46. The third-order valence-electron chi connectivity index (χ3n) is 2.50. The van der Waals surface area contributed by atoms with Crippen LogP contribution in [0.5, 0.6) is 17.6 Å². The van der Waals surface area contributed by atoms with Crippen LogP contribution in [0, 0.1) is 6.92 Å². The molecule has 20 heavy (non-hydrogen) atoms. The highest BCUT2D eigenvalue weighted by Crippen LogP contribution is 2.17. The zero-order valence-electron chi connectivity index (χ0n) is 11.4. The van der Waals surface area contributed by atoms with Crippen LogP contribution in [0.1, 0.15) is 16.1 Å². The van der Waals surface area contributed by atoms with Crippen LogP contribution >= 0.6 is 0 Å². The summed E-state index contributed by atoms with van der Waals surface area (Å²) in [5.74, 6) is 0.196. The van der Waals surface area contributed by atoms with Gasteiger partial charge in [-0.15, -0.1) is 0 Å². The predicted molar refractivity (Wildman–Crippen MR) is 71.3 cm³/mol. The molecule has 0 bridgehead atoms. The number of carbonyl (C=O) groups excluding carboxylic acids is 1. The molecule has 6 nitrogen and oxygen atoms in total. The molecule has 0 aliphatic heterocycles. The lowest BCUT2D eigenvalue weighted by atomic mass is 10.2. The van der Waals surface area contributed by atoms with E-state index in [9.17, 15) is 4.79 Å². The average molecular weight is 274 g/mol. The van der Waals surface area contributed by atoms with Crippen LogP contribution in [-0.4, -0.2) is 30.2 Å². The van der Waals surface area contributed by atoms with Crippen molar-refractivity contribution in [1.29, 1.82) is 0 Å². The van der Waals surface area contributed by atoms with Crippen molar-refractivity contribution in [2.45, 2.75) is 6.92 Å². The van der Waals surface area contributed by atoms with E-state index in [1.165, 1.54) is 14.2 Å². The fraction of sp³-hybridized carbons (Fsp3) is 0.214. The summed E-state index contributed by atoms with van der Waals surface area (Å²) in [6.45, 7) is 1.76. The molecule has 0 aliphatic rings. The van der Waals surface area contributed by atoms with Crippen LogP contribution in [0.25, 0.3) is 0 Å². The molecule has 0 saturated heterocycles. The molecule has 0 radical (unpaired) electrons. The fourth-order valence-electron chi connectivity index (χ4n) is 1.56. The summed E-state index contributed by atoms with van der Waals surface area (Å²) in [5, 5.41) is 0. The van der Waals surface area contributed by atoms with Gasteiger partial charge in [-0.3, -0.25) is 0 Å². The van der Waals surface area contributed by atoms with Crippen molar-refractivity contribution in [1.82, 2.24) is 9.97 Å². The lowest BCUT2D eigenvalue weighted by molar-refractivity contribution is 0.0726. The van der Waals surface area contributed by atoms with Crippen LogP contribution in [0.3, 0.4) is 0 Å². The maximum Gasteiger partial charge on any atom is 0.344 e. The zero-order chi connectivity index (χ0) is 14.5. The quantitative estimate of drug-likeness (QED) is 0.794. The summed E-state index contributed by atoms with van der Waals surface area (Å²) in [6, 6.07) is 8.39. The first-order valence-electron chi connectivity index (χ1n) is 5.88. The Kier molecular flexibility index (Phi) is 4.14. The normalized spacial score (nSPS) is 9.95. The number of benzene rings is 1. The highest BCUT2D eigenvalue weighted by Gasteiger charge is 2.12. The number of hydrogen-bond acceptors (Lipinski definition) is 6. The topological polar surface area (TPSA) is 70.5 Å². The Bertz CT molecular complexity index is 628. The fourth-order valence-corrected chi connectivity index (χ4v) is 1.56. The lowest BCUT2D eigenvalue weighted by Crippen LogP contribution is -2.10. The van der Waals surface area contributed by atoms with Gasteiger partial charge in [0, 0.05) is 11.8 Å². The van der Waals surface area contributed by atoms with Crippen LogP contribution in [0.4, 0.5) is 0 Å². The molecular weight excluding hydrogens is 260 g/mol. The first-order chi connectivity index (χ1) is 9.62. The molecule has 1 aromatic heterocycles. The minimum atomic E-state index is -0.524. The summed E-state index contributed by atoms with van der Waals surface area (Å²) in [4.78, 5) is 20.0. The van der Waals surface area contributed by atoms with E-state index in [0.29, 0.717) is 17.0 Å². The molecule has 104 valence electrons. The Labute approximate surface area is 116 Å². The van der Waals surface area contributed by atoms with Crippen LogP contribution in [0.2, 0.25) is 0 Å². The van der Waals surface area contributed by atoms with Gasteiger partial charge >= 0.3 is 12.0 Å². The van der Waals surface area contributed by atoms with E-state index in [2.05, 4.69) is 9.97 Å². The summed E-state index contributed by atoms with van der Waals surface area (Å²) in [6.07, 6.45) is 0. The van der Waals surface area contributed by atoms with E-state index in [1.54, 1.807) is 37.3 Å². The third kappa shape index (κ3) is 3.23. The number of nitrogens with zero attached hydrogens (tertiary/aromatic N) is 2. The van der Waals surface area contributed by atoms with Gasteiger partial charge in [0.05, 0.1) is 19.8 Å². The largest absolute Gasteiger partial charge is 0.497 e. The standard InChI is InChI=1S/C14H14N2O4/c1-9-7-12(16-14(15-9)19-3)20-13(17)10-5-4-6-11(8-10)18-2/h4-8H,1-3H3. The number of methoxy groups -OCH3 is 2. The molecule has 0 atom stereocenters. The second kappa shape index (κ2) is 6.01. The second-order valence-electron chi connectivity index (χ2n) is 3.96. The maximum atomic E-state index is 12.0. The van der Waals surface area contributed by atoms with Gasteiger partial charge in [0.15, 0.2) is 0 Å². The molecule has 0 fully saturated rings. The first-order valence-corrected chi connectivity index (χ1v) is 5.88. The Morgan fingerprint density at radius 1 is 1.10 bits per heavy atom. The smallest absolute Gasteiger partial charge is 0.344 e. The highest BCUT2D eigenvalue weighted by molar-refractivity contribution is 5.91. The molecule has 6 heteroatoms. The van der Waals surface area contributed by atoms with E-state index in [1.807, 2.05) is 0 Å². The summed E-state index contributed by atoms with van der Waals surface area (Å²) in [5.41, 5.74) is 1.02. The van der Waals surface area contributed by atoms with Gasteiger partial charge in [-0.25, -0.2) is 9.78 Å². The Morgan fingerprint density at radius 2 is 1.90 bits per heavy atom. The monoisotopic (exact) mass is 274 g/mol. The van der Waals surface area contributed by atoms with E-state index < -0.39 is 5.97 Å². The van der Waals surface area contributed by atoms with E-state index >= 15 is 0 Å². The molecule has 0 spiro atoms. The van der Waals surface area contributed by atoms with E-state index in [0.717, 1.165) is 0 Å². The van der Waals surface area contributed by atoms with Crippen LogP contribution in [0.15, 0.2) is 30.3 Å². The predicted octanol–water partition coefficient (Wildman–Crippen LogP) is 2.02. The number of hydrogen-bond donors (Lipinski definition) is 0. The molecule has 0 amide bonds. The zero-order valence-corrected chi connectivity index (χ0v) is 11.4. The van der Waals surface area contributed by atoms with Crippen molar-refractivity contribution >= 4 is 5.97 Å². The molecule has 0 N–H and O–H groups in total. The van der Waals surface area contributed by atoms with Crippen LogP contribution < -0.4 is 14.2 Å². The van der Waals surface area contributed by atoms with Crippen molar-refractivity contribution in [3.8, 4) is 17.6 Å². The van der Waals surface area contributed by atoms with Crippen LogP contribution in [-0.2, 0) is 0 Å². The molecule has 0 unspecified atom stereocenters. The Balaban J connectivity index is 2.20. The first kappa shape index (κ1) is 13.8. The van der Waals surface area contributed by atoms with Gasteiger partial charge in [0.2, 0.25) is 5.88 Å². The number of aromatic nitrogens is 2. The van der Waals surface area contributed by atoms with E-state index in [-0.39, 0.29) is 11.9 Å². The molecule has 0 saturated carbocycles. The number of esters is 1. The van der Waals surface area contributed by atoms with Gasteiger partial charge < -0.3 is 14.2 Å². The van der Waals surface area contributed by atoms with Gasteiger partial charge in [0.1, 0.15) is 5.75 Å². The Hall–Kier alpha value is -2.63. The van der Waals surface area contributed by atoms with Gasteiger partial charge in [-0.1, -0.05) is 6.07 Å². The number of aryl methyl sites for hydroxylation is 1. The molecule has 2 rings (SSSR count). The number of ether oxygens (including phenoxy) is 3. The number of carbonyl (C=O) groups is 1.